The van der Waals surface area contributed by atoms with Crippen molar-refractivity contribution in [1.29, 1.82) is 0 Å². The monoisotopic (exact) mass is 314 g/mol. The van der Waals surface area contributed by atoms with Gasteiger partial charge in [0, 0.05) is 48.4 Å². The molecule has 3 nitrogen and oxygen atoms in total. The second-order valence-corrected chi connectivity index (χ2v) is 5.71. The molecule has 24 heavy (non-hydrogen) atoms. The molecular weight excluding hydrogens is 296 g/mol. The minimum Gasteiger partial charge on any atom is -0.456 e. The second kappa shape index (κ2) is 5.85. The van der Waals surface area contributed by atoms with Crippen LogP contribution in [0, 0.1) is 0 Å². The first-order chi connectivity index (χ1) is 11.8. The molecule has 2 aromatic carbocycles. The Morgan fingerprint density at radius 2 is 1.75 bits per heavy atom. The zero-order valence-electron chi connectivity index (χ0n) is 13.7. The number of rotatable bonds is 2. The molecule has 0 aromatic heterocycles. The number of benzene rings is 3. The third-order valence-electron chi connectivity index (χ3n) is 4.31. The minimum absolute atomic E-state index is 0.845. The van der Waals surface area contributed by atoms with Crippen molar-refractivity contribution in [3.05, 3.63) is 72.1 Å². The van der Waals surface area contributed by atoms with Crippen molar-refractivity contribution < 1.29 is 4.42 Å². The van der Waals surface area contributed by atoms with Gasteiger partial charge < -0.3 is 9.73 Å². The molecule has 0 radical (unpaired) electrons. The highest BCUT2D eigenvalue weighted by Crippen LogP contribution is 2.40. The standard InChI is InChI=1S/C21H18N2O/c1-22-15-8-10-17-19(12-15)24-20-13-16(23-2)9-11-18(20)21(17)14-6-4-3-5-7-14/h3-13,22H,1-2H3/b23-16+. The number of fused-ring (bicyclic) bond motifs is 2. The summed E-state index contributed by atoms with van der Waals surface area (Å²) in [7, 11) is 3.70. The summed E-state index contributed by atoms with van der Waals surface area (Å²) in [6.07, 6.45) is 0. The Kier molecular flexibility index (Phi) is 3.54. The van der Waals surface area contributed by atoms with Crippen LogP contribution in [-0.2, 0) is 0 Å². The zero-order chi connectivity index (χ0) is 16.5. The van der Waals surface area contributed by atoms with E-state index in [1.165, 1.54) is 11.1 Å². The molecule has 1 aliphatic carbocycles. The molecule has 0 saturated carbocycles. The Labute approximate surface area is 140 Å². The molecule has 1 aliphatic heterocycles. The van der Waals surface area contributed by atoms with Gasteiger partial charge in [0.1, 0.15) is 11.3 Å². The number of hydrogen-bond acceptors (Lipinski definition) is 3. The van der Waals surface area contributed by atoms with Crippen LogP contribution in [0.2, 0.25) is 0 Å². The minimum atomic E-state index is 0.845. The van der Waals surface area contributed by atoms with E-state index in [1.54, 1.807) is 7.05 Å². The fourth-order valence-electron chi connectivity index (χ4n) is 3.09. The normalized spacial score (nSPS) is 12.0. The maximum Gasteiger partial charge on any atom is 0.137 e. The Bertz CT molecular complexity index is 1050. The molecule has 0 unspecified atom stereocenters. The first-order valence-electron chi connectivity index (χ1n) is 7.97. The van der Waals surface area contributed by atoms with Crippen molar-refractivity contribution in [3.8, 4) is 22.5 Å². The predicted molar refractivity (Wildman–Crippen MR) is 99.3 cm³/mol. The van der Waals surface area contributed by atoms with Crippen molar-refractivity contribution >= 4 is 16.7 Å². The molecular formula is C21H18N2O. The summed E-state index contributed by atoms with van der Waals surface area (Å²) in [4.78, 5) is 4.26. The zero-order valence-corrected chi connectivity index (χ0v) is 13.7. The molecule has 0 saturated heterocycles. The van der Waals surface area contributed by atoms with E-state index >= 15 is 0 Å². The van der Waals surface area contributed by atoms with Gasteiger partial charge in [-0.25, -0.2) is 0 Å². The third-order valence-corrected chi connectivity index (χ3v) is 4.31. The highest BCUT2D eigenvalue weighted by molar-refractivity contribution is 6.02. The predicted octanol–water partition coefficient (Wildman–Crippen LogP) is 4.78. The van der Waals surface area contributed by atoms with E-state index in [4.69, 9.17) is 4.42 Å². The van der Waals surface area contributed by atoms with Crippen molar-refractivity contribution in [2.75, 3.05) is 19.4 Å². The highest BCUT2D eigenvalue weighted by atomic mass is 16.3. The van der Waals surface area contributed by atoms with Gasteiger partial charge in [0.2, 0.25) is 0 Å². The van der Waals surface area contributed by atoms with Crippen LogP contribution in [0.3, 0.4) is 0 Å². The van der Waals surface area contributed by atoms with Gasteiger partial charge >= 0.3 is 0 Å². The van der Waals surface area contributed by atoms with Crippen molar-refractivity contribution in [3.63, 3.8) is 0 Å². The Morgan fingerprint density at radius 1 is 0.917 bits per heavy atom. The SMILES string of the molecule is C/N=c1\ccc2c(-c3ccccc3)c3ccc(NC)cc3oc-2c1. The quantitative estimate of drug-likeness (QED) is 0.541. The van der Waals surface area contributed by atoms with Crippen LogP contribution in [0.4, 0.5) is 5.69 Å². The molecule has 0 fully saturated rings. The smallest absolute Gasteiger partial charge is 0.137 e. The molecule has 1 heterocycles. The van der Waals surface area contributed by atoms with Gasteiger partial charge in [0.05, 0.1) is 5.36 Å². The van der Waals surface area contributed by atoms with E-state index in [0.717, 1.165) is 33.3 Å². The highest BCUT2D eigenvalue weighted by Gasteiger charge is 2.16. The van der Waals surface area contributed by atoms with Gasteiger partial charge in [-0.2, -0.15) is 0 Å². The Hall–Kier alpha value is -3.07. The summed E-state index contributed by atoms with van der Waals surface area (Å²) in [5.74, 6) is 0.845. The van der Waals surface area contributed by atoms with Gasteiger partial charge in [-0.1, -0.05) is 30.3 Å². The molecule has 4 rings (SSSR count). The van der Waals surface area contributed by atoms with Crippen LogP contribution < -0.4 is 10.7 Å². The average Bonchev–Trinajstić information content (AvgIpc) is 2.65. The fraction of sp³-hybridized carbons (Fsp3) is 0.0952. The average molecular weight is 314 g/mol. The maximum atomic E-state index is 6.19. The van der Waals surface area contributed by atoms with Gasteiger partial charge in [-0.15, -0.1) is 0 Å². The first kappa shape index (κ1) is 14.5. The van der Waals surface area contributed by atoms with E-state index in [-0.39, 0.29) is 0 Å². The van der Waals surface area contributed by atoms with Gasteiger partial charge in [0.25, 0.3) is 0 Å². The van der Waals surface area contributed by atoms with Gasteiger partial charge in [0.15, 0.2) is 0 Å². The number of anilines is 1. The molecule has 0 amide bonds. The molecule has 0 bridgehead atoms. The lowest BCUT2D eigenvalue weighted by molar-refractivity contribution is 0.619. The molecule has 2 aromatic rings. The maximum absolute atomic E-state index is 6.19. The van der Waals surface area contributed by atoms with E-state index in [0.29, 0.717) is 0 Å². The Balaban J connectivity index is 2.16. The molecule has 3 heteroatoms. The van der Waals surface area contributed by atoms with E-state index in [2.05, 4.69) is 52.8 Å². The van der Waals surface area contributed by atoms with Crippen molar-refractivity contribution in [1.82, 2.24) is 0 Å². The number of nitrogens with zero attached hydrogens (tertiary/aromatic N) is 1. The van der Waals surface area contributed by atoms with Crippen molar-refractivity contribution in [2.24, 2.45) is 4.99 Å². The lowest BCUT2D eigenvalue weighted by Crippen LogP contribution is -2.02. The lowest BCUT2D eigenvalue weighted by atomic mass is 9.93. The van der Waals surface area contributed by atoms with Gasteiger partial charge in [-0.05, 0) is 29.8 Å². The summed E-state index contributed by atoms with van der Waals surface area (Å²) in [5.41, 5.74) is 5.36. The summed E-state index contributed by atoms with van der Waals surface area (Å²) in [5, 5.41) is 5.19. The molecule has 0 atom stereocenters. The van der Waals surface area contributed by atoms with Crippen LogP contribution in [0.25, 0.3) is 33.4 Å². The summed E-state index contributed by atoms with van der Waals surface area (Å²) < 4.78 is 6.19. The third kappa shape index (κ3) is 2.35. The largest absolute Gasteiger partial charge is 0.456 e. The van der Waals surface area contributed by atoms with Gasteiger partial charge in [-0.3, -0.25) is 4.99 Å². The van der Waals surface area contributed by atoms with Crippen LogP contribution in [-0.4, -0.2) is 14.1 Å². The molecule has 1 N–H and O–H groups in total. The van der Waals surface area contributed by atoms with E-state index in [1.807, 2.05) is 31.3 Å². The van der Waals surface area contributed by atoms with Crippen LogP contribution in [0.15, 0.2) is 76.1 Å². The van der Waals surface area contributed by atoms with E-state index < -0.39 is 0 Å². The van der Waals surface area contributed by atoms with Crippen LogP contribution in [0.1, 0.15) is 0 Å². The fourth-order valence-corrected chi connectivity index (χ4v) is 3.09. The summed E-state index contributed by atoms with van der Waals surface area (Å²) >= 11 is 0. The summed E-state index contributed by atoms with van der Waals surface area (Å²) in [6, 6.07) is 22.8. The van der Waals surface area contributed by atoms with Crippen LogP contribution >= 0.6 is 0 Å². The molecule has 0 spiro atoms. The lowest BCUT2D eigenvalue weighted by Gasteiger charge is -2.16. The summed E-state index contributed by atoms with van der Waals surface area (Å²) in [6.45, 7) is 0. The van der Waals surface area contributed by atoms with Crippen LogP contribution in [0.5, 0.6) is 0 Å². The molecule has 118 valence electrons. The van der Waals surface area contributed by atoms with E-state index in [9.17, 15) is 0 Å². The number of hydrogen-bond donors (Lipinski definition) is 1. The second-order valence-electron chi connectivity index (χ2n) is 5.71. The molecule has 2 aliphatic rings. The number of nitrogens with one attached hydrogen (secondary N) is 1. The first-order valence-corrected chi connectivity index (χ1v) is 7.97. The Morgan fingerprint density at radius 3 is 2.50 bits per heavy atom. The topological polar surface area (TPSA) is 37.5 Å². The van der Waals surface area contributed by atoms with Crippen molar-refractivity contribution in [2.45, 2.75) is 0 Å².